The second-order valence-electron chi connectivity index (χ2n) is 6.01. The molecule has 2 aliphatic carbocycles. The van der Waals surface area contributed by atoms with Gasteiger partial charge < -0.3 is 9.73 Å². The first-order valence-corrected chi connectivity index (χ1v) is 7.10. The average Bonchev–Trinajstić information content (AvgIpc) is 3.11. The predicted octanol–water partition coefficient (Wildman–Crippen LogP) is 3.10. The number of nitrogens with one attached hydrogen (secondary N) is 1. The van der Waals surface area contributed by atoms with Gasteiger partial charge in [-0.15, -0.1) is 0 Å². The van der Waals surface area contributed by atoms with Crippen LogP contribution in [0.3, 0.4) is 0 Å². The fraction of sp³-hybridized carbons (Fsp3) is 0.714. The summed E-state index contributed by atoms with van der Waals surface area (Å²) in [6.07, 6.45) is 5.55. The zero-order valence-electron chi connectivity index (χ0n) is 11.2. The lowest BCUT2D eigenvalue weighted by molar-refractivity contribution is -0.402. The highest BCUT2D eigenvalue weighted by Gasteiger charge is 2.41. The number of fused-ring (bicyclic) bond motifs is 2. The normalized spacial score (nSPS) is 30.7. The lowest BCUT2D eigenvalue weighted by Crippen LogP contribution is -2.35. The molecule has 2 aliphatic rings. The zero-order valence-corrected chi connectivity index (χ0v) is 11.2. The molecule has 5 heteroatoms. The largest absolute Gasteiger partial charge is 0.433 e. The van der Waals surface area contributed by atoms with Crippen LogP contribution in [0.2, 0.25) is 0 Å². The van der Waals surface area contributed by atoms with Crippen molar-refractivity contribution in [2.45, 2.75) is 45.2 Å². The lowest BCUT2D eigenvalue weighted by Gasteiger charge is -2.28. The molecular formula is C14H20N2O3. The van der Waals surface area contributed by atoms with Gasteiger partial charge >= 0.3 is 5.88 Å². The molecule has 5 nitrogen and oxygen atoms in total. The second-order valence-corrected chi connectivity index (χ2v) is 6.01. The van der Waals surface area contributed by atoms with Crippen molar-refractivity contribution in [3.63, 3.8) is 0 Å². The van der Waals surface area contributed by atoms with Crippen LogP contribution in [0, 0.1) is 27.9 Å². The molecule has 0 aromatic carbocycles. The van der Waals surface area contributed by atoms with Crippen molar-refractivity contribution in [3.05, 3.63) is 28.0 Å². The summed E-state index contributed by atoms with van der Waals surface area (Å²) in [7, 11) is 0. The van der Waals surface area contributed by atoms with E-state index in [1.165, 1.54) is 31.7 Å². The van der Waals surface area contributed by atoms with Gasteiger partial charge in [-0.05, 0) is 50.0 Å². The number of hydrogen-bond donors (Lipinski definition) is 1. The van der Waals surface area contributed by atoms with E-state index in [1.807, 2.05) is 0 Å². The third kappa shape index (κ3) is 2.52. The van der Waals surface area contributed by atoms with Crippen LogP contribution in [0.25, 0.3) is 0 Å². The van der Waals surface area contributed by atoms with E-state index in [2.05, 4.69) is 12.2 Å². The van der Waals surface area contributed by atoms with Crippen molar-refractivity contribution in [1.82, 2.24) is 5.32 Å². The molecule has 2 bridgehead atoms. The van der Waals surface area contributed by atoms with E-state index in [1.54, 1.807) is 6.07 Å². The van der Waals surface area contributed by atoms with E-state index in [0.717, 1.165) is 17.8 Å². The summed E-state index contributed by atoms with van der Waals surface area (Å²) in [6, 6.07) is 3.55. The highest BCUT2D eigenvalue weighted by atomic mass is 16.6. The van der Waals surface area contributed by atoms with Crippen LogP contribution < -0.4 is 5.32 Å². The van der Waals surface area contributed by atoms with E-state index in [9.17, 15) is 10.1 Å². The van der Waals surface area contributed by atoms with Crippen molar-refractivity contribution in [2.75, 3.05) is 0 Å². The third-order valence-electron chi connectivity index (χ3n) is 4.86. The monoisotopic (exact) mass is 264 g/mol. The third-order valence-corrected chi connectivity index (χ3v) is 4.86. The Bertz CT molecular complexity index is 471. The molecule has 3 rings (SSSR count). The number of hydrogen-bond acceptors (Lipinski definition) is 4. The first kappa shape index (κ1) is 12.7. The molecule has 1 aromatic rings. The van der Waals surface area contributed by atoms with Gasteiger partial charge in [0, 0.05) is 6.04 Å². The summed E-state index contributed by atoms with van der Waals surface area (Å²) in [6.45, 7) is 2.80. The van der Waals surface area contributed by atoms with Gasteiger partial charge in [0.2, 0.25) is 0 Å². The van der Waals surface area contributed by atoms with E-state index in [4.69, 9.17) is 4.42 Å². The summed E-state index contributed by atoms with van der Waals surface area (Å²) in [5, 5.41) is 14.0. The Labute approximate surface area is 112 Å². The average molecular weight is 264 g/mol. The minimum Gasteiger partial charge on any atom is -0.404 e. The molecule has 4 atom stereocenters. The molecular weight excluding hydrogens is 244 g/mol. The molecule has 1 heterocycles. The predicted molar refractivity (Wildman–Crippen MR) is 70.6 cm³/mol. The Balaban J connectivity index is 1.52. The van der Waals surface area contributed by atoms with Crippen molar-refractivity contribution >= 4 is 5.88 Å². The molecule has 2 saturated carbocycles. The summed E-state index contributed by atoms with van der Waals surface area (Å²) >= 11 is 0. The van der Waals surface area contributed by atoms with Gasteiger partial charge in [-0.3, -0.25) is 10.1 Å². The number of furan rings is 1. The maximum Gasteiger partial charge on any atom is 0.433 e. The Hall–Kier alpha value is -1.36. The van der Waals surface area contributed by atoms with Crippen molar-refractivity contribution in [3.8, 4) is 0 Å². The van der Waals surface area contributed by atoms with Crippen LogP contribution in [0.15, 0.2) is 16.5 Å². The van der Waals surface area contributed by atoms with E-state index in [-0.39, 0.29) is 5.88 Å². The SMILES string of the molecule is CC(NCc1ccc([N+](=O)[O-])o1)C1CC2CCC1C2. The van der Waals surface area contributed by atoms with Crippen LogP contribution in [-0.2, 0) is 6.54 Å². The molecule has 0 spiro atoms. The second kappa shape index (κ2) is 4.96. The Morgan fingerprint density at radius 2 is 2.32 bits per heavy atom. The number of nitro groups is 1. The van der Waals surface area contributed by atoms with Gasteiger partial charge in [0.15, 0.2) is 0 Å². The molecule has 0 aliphatic heterocycles. The highest BCUT2D eigenvalue weighted by Crippen LogP contribution is 2.49. The van der Waals surface area contributed by atoms with Gasteiger partial charge in [0.25, 0.3) is 0 Å². The van der Waals surface area contributed by atoms with Crippen molar-refractivity contribution < 1.29 is 9.34 Å². The Morgan fingerprint density at radius 3 is 2.89 bits per heavy atom. The maximum absolute atomic E-state index is 10.5. The topological polar surface area (TPSA) is 68.3 Å². The molecule has 4 unspecified atom stereocenters. The van der Waals surface area contributed by atoms with Gasteiger partial charge in [-0.1, -0.05) is 6.42 Å². The Morgan fingerprint density at radius 1 is 1.47 bits per heavy atom. The molecule has 1 aromatic heterocycles. The number of rotatable bonds is 5. The lowest BCUT2D eigenvalue weighted by atomic mass is 9.84. The first-order chi connectivity index (χ1) is 9.13. The van der Waals surface area contributed by atoms with Gasteiger partial charge in [-0.25, -0.2) is 0 Å². The molecule has 104 valence electrons. The standard InChI is InChI=1S/C14H20N2O3/c1-9(13-7-10-2-3-11(13)6-10)15-8-12-4-5-14(19-12)16(17)18/h4-5,9-11,13,15H,2-3,6-8H2,1H3. The molecule has 19 heavy (non-hydrogen) atoms. The quantitative estimate of drug-likeness (QED) is 0.655. The maximum atomic E-state index is 10.5. The summed E-state index contributed by atoms with van der Waals surface area (Å²) in [4.78, 5) is 10.0. The fourth-order valence-corrected chi connectivity index (χ4v) is 3.88. The van der Waals surface area contributed by atoms with Gasteiger partial charge in [0.05, 0.1) is 12.6 Å². The van der Waals surface area contributed by atoms with E-state index >= 15 is 0 Å². The summed E-state index contributed by atoms with van der Waals surface area (Å²) in [5.74, 6) is 3.07. The number of nitrogens with zero attached hydrogens (tertiary/aromatic N) is 1. The zero-order chi connectivity index (χ0) is 13.4. The molecule has 1 N–H and O–H groups in total. The highest BCUT2D eigenvalue weighted by molar-refractivity contribution is 5.17. The van der Waals surface area contributed by atoms with Crippen LogP contribution in [0.4, 0.5) is 5.88 Å². The summed E-state index contributed by atoms with van der Waals surface area (Å²) in [5.41, 5.74) is 0. The summed E-state index contributed by atoms with van der Waals surface area (Å²) < 4.78 is 5.16. The van der Waals surface area contributed by atoms with E-state index in [0.29, 0.717) is 18.3 Å². The first-order valence-electron chi connectivity index (χ1n) is 7.10. The Kier molecular flexibility index (Phi) is 3.31. The van der Waals surface area contributed by atoms with Crippen LogP contribution in [0.5, 0.6) is 0 Å². The minimum atomic E-state index is -0.497. The fourth-order valence-electron chi connectivity index (χ4n) is 3.88. The van der Waals surface area contributed by atoms with Crippen LogP contribution >= 0.6 is 0 Å². The smallest absolute Gasteiger partial charge is 0.404 e. The van der Waals surface area contributed by atoms with Gasteiger partial charge in [0.1, 0.15) is 10.7 Å². The molecule has 2 fully saturated rings. The van der Waals surface area contributed by atoms with Crippen LogP contribution in [-0.4, -0.2) is 11.0 Å². The molecule has 0 radical (unpaired) electrons. The van der Waals surface area contributed by atoms with Gasteiger partial charge in [-0.2, -0.15) is 0 Å². The van der Waals surface area contributed by atoms with E-state index < -0.39 is 4.92 Å². The minimum absolute atomic E-state index is 0.177. The van der Waals surface area contributed by atoms with Crippen molar-refractivity contribution in [1.29, 1.82) is 0 Å². The van der Waals surface area contributed by atoms with Crippen molar-refractivity contribution in [2.24, 2.45) is 17.8 Å². The van der Waals surface area contributed by atoms with Crippen LogP contribution in [0.1, 0.15) is 38.4 Å². The molecule has 0 amide bonds. The molecule has 0 saturated heterocycles.